The first-order chi connectivity index (χ1) is 14.7. The van der Waals surface area contributed by atoms with Crippen LogP contribution < -0.4 is 15.0 Å². The molecule has 8 heteroatoms. The normalized spacial score (nSPS) is 13.7. The van der Waals surface area contributed by atoms with E-state index in [1.54, 1.807) is 35.4 Å². The van der Waals surface area contributed by atoms with Gasteiger partial charge in [-0.1, -0.05) is 18.2 Å². The summed E-state index contributed by atoms with van der Waals surface area (Å²) in [4.78, 5) is 32.7. The van der Waals surface area contributed by atoms with Gasteiger partial charge in [-0.05, 0) is 36.4 Å². The van der Waals surface area contributed by atoms with Crippen molar-refractivity contribution < 1.29 is 18.7 Å². The Morgan fingerprint density at radius 2 is 1.80 bits per heavy atom. The van der Waals surface area contributed by atoms with Gasteiger partial charge in [0.2, 0.25) is 0 Å². The van der Waals surface area contributed by atoms with Crippen molar-refractivity contribution in [3.05, 3.63) is 72.8 Å². The minimum atomic E-state index is -0.251. The van der Waals surface area contributed by atoms with E-state index in [1.807, 2.05) is 30.3 Å². The van der Waals surface area contributed by atoms with Gasteiger partial charge in [-0.25, -0.2) is 4.98 Å². The Morgan fingerprint density at radius 3 is 2.47 bits per heavy atom. The summed E-state index contributed by atoms with van der Waals surface area (Å²) >= 11 is 0. The highest BCUT2D eigenvalue weighted by molar-refractivity contribution is 5.92. The van der Waals surface area contributed by atoms with Crippen LogP contribution in [0.2, 0.25) is 0 Å². The first-order valence-corrected chi connectivity index (χ1v) is 9.70. The lowest BCUT2D eigenvalue weighted by atomic mass is 10.2. The van der Waals surface area contributed by atoms with E-state index in [4.69, 9.17) is 9.15 Å². The second kappa shape index (κ2) is 9.13. The Kier molecular flexibility index (Phi) is 5.93. The van der Waals surface area contributed by atoms with Gasteiger partial charge in [-0.3, -0.25) is 9.59 Å². The van der Waals surface area contributed by atoms with Crippen LogP contribution in [0.25, 0.3) is 0 Å². The molecule has 0 unspecified atom stereocenters. The van der Waals surface area contributed by atoms with Crippen molar-refractivity contribution in [2.75, 3.05) is 43.0 Å². The van der Waals surface area contributed by atoms with Crippen molar-refractivity contribution in [2.45, 2.75) is 0 Å². The Morgan fingerprint density at radius 1 is 1.00 bits per heavy atom. The van der Waals surface area contributed by atoms with E-state index < -0.39 is 0 Å². The van der Waals surface area contributed by atoms with Crippen LogP contribution in [0.1, 0.15) is 10.6 Å². The molecular formula is C22H22N4O4. The van der Waals surface area contributed by atoms with Crippen LogP contribution in [-0.4, -0.2) is 54.5 Å². The average molecular weight is 406 g/mol. The summed E-state index contributed by atoms with van der Waals surface area (Å²) in [6.07, 6.45) is 3.12. The van der Waals surface area contributed by atoms with Gasteiger partial charge in [0.25, 0.3) is 11.8 Å². The molecule has 1 fully saturated rings. The molecule has 0 spiro atoms. The third-order valence-electron chi connectivity index (χ3n) is 4.77. The third kappa shape index (κ3) is 4.78. The van der Waals surface area contributed by atoms with Crippen molar-refractivity contribution in [1.82, 2.24) is 9.88 Å². The SMILES string of the molecule is O=C(COc1ccccc1)Nc1ccc(N2CCN(C(=O)c3ccco3)CC2)nc1. The van der Waals surface area contributed by atoms with E-state index in [9.17, 15) is 9.59 Å². The quantitative estimate of drug-likeness (QED) is 0.677. The van der Waals surface area contributed by atoms with Gasteiger partial charge in [-0.15, -0.1) is 0 Å². The van der Waals surface area contributed by atoms with Crippen LogP contribution in [0.15, 0.2) is 71.5 Å². The van der Waals surface area contributed by atoms with Crippen molar-refractivity contribution in [3.8, 4) is 5.75 Å². The molecule has 0 radical (unpaired) electrons. The van der Waals surface area contributed by atoms with E-state index in [0.29, 0.717) is 43.4 Å². The van der Waals surface area contributed by atoms with Crippen LogP contribution in [0.3, 0.4) is 0 Å². The molecule has 0 bridgehead atoms. The molecular weight excluding hydrogens is 384 g/mol. The van der Waals surface area contributed by atoms with Crippen molar-refractivity contribution in [2.24, 2.45) is 0 Å². The molecule has 2 aromatic heterocycles. The molecule has 1 aliphatic rings. The second-order valence-electron chi connectivity index (χ2n) is 6.81. The van der Waals surface area contributed by atoms with Crippen LogP contribution in [0.5, 0.6) is 5.75 Å². The molecule has 3 heterocycles. The number of nitrogens with zero attached hydrogens (tertiary/aromatic N) is 3. The van der Waals surface area contributed by atoms with Crippen LogP contribution in [0.4, 0.5) is 11.5 Å². The van der Waals surface area contributed by atoms with Crippen molar-refractivity contribution in [3.63, 3.8) is 0 Å². The standard InChI is InChI=1S/C22H22N4O4/c27-21(16-30-18-5-2-1-3-6-18)24-17-8-9-20(23-15-17)25-10-12-26(13-11-25)22(28)19-7-4-14-29-19/h1-9,14-15H,10-13,16H2,(H,24,27). The molecule has 2 amide bonds. The first kappa shape index (κ1) is 19.5. The smallest absolute Gasteiger partial charge is 0.289 e. The van der Waals surface area contributed by atoms with E-state index in [2.05, 4.69) is 15.2 Å². The lowest BCUT2D eigenvalue weighted by molar-refractivity contribution is -0.118. The number of piperazine rings is 1. The number of nitrogens with one attached hydrogen (secondary N) is 1. The number of ether oxygens (including phenoxy) is 1. The summed E-state index contributed by atoms with van der Waals surface area (Å²) in [5, 5.41) is 2.77. The number of hydrogen-bond acceptors (Lipinski definition) is 6. The number of anilines is 2. The molecule has 4 rings (SSSR count). The molecule has 154 valence electrons. The number of hydrogen-bond donors (Lipinski definition) is 1. The number of aromatic nitrogens is 1. The number of furan rings is 1. The summed E-state index contributed by atoms with van der Waals surface area (Å²) in [6, 6.07) is 16.2. The first-order valence-electron chi connectivity index (χ1n) is 9.70. The number of rotatable bonds is 6. The predicted molar refractivity (Wildman–Crippen MR) is 112 cm³/mol. The summed E-state index contributed by atoms with van der Waals surface area (Å²) in [5.41, 5.74) is 0.604. The molecule has 1 aliphatic heterocycles. The number of carbonyl (C=O) groups excluding carboxylic acids is 2. The minimum absolute atomic E-state index is 0.0720. The van der Waals surface area contributed by atoms with Crippen molar-refractivity contribution >= 4 is 23.3 Å². The van der Waals surface area contributed by atoms with Gasteiger partial charge in [0.1, 0.15) is 11.6 Å². The maximum Gasteiger partial charge on any atom is 0.289 e. The Bertz CT molecular complexity index is 966. The molecule has 0 saturated carbocycles. The summed E-state index contributed by atoms with van der Waals surface area (Å²) in [6.45, 7) is 2.47. The van der Waals surface area contributed by atoms with Crippen molar-refractivity contribution in [1.29, 1.82) is 0 Å². The maximum absolute atomic E-state index is 12.3. The van der Waals surface area contributed by atoms with Gasteiger partial charge >= 0.3 is 0 Å². The fourth-order valence-electron chi connectivity index (χ4n) is 3.20. The Labute approximate surface area is 174 Å². The topological polar surface area (TPSA) is 87.9 Å². The van der Waals surface area contributed by atoms with Gasteiger partial charge in [0.05, 0.1) is 18.1 Å². The maximum atomic E-state index is 12.3. The lowest BCUT2D eigenvalue weighted by Gasteiger charge is -2.35. The highest BCUT2D eigenvalue weighted by Gasteiger charge is 2.24. The molecule has 0 atom stereocenters. The van der Waals surface area contributed by atoms with Crippen LogP contribution in [-0.2, 0) is 4.79 Å². The van der Waals surface area contributed by atoms with Gasteiger partial charge in [0, 0.05) is 26.2 Å². The molecule has 8 nitrogen and oxygen atoms in total. The zero-order valence-electron chi connectivity index (χ0n) is 16.4. The highest BCUT2D eigenvalue weighted by Crippen LogP contribution is 2.17. The predicted octanol–water partition coefficient (Wildman–Crippen LogP) is 2.65. The monoisotopic (exact) mass is 406 g/mol. The lowest BCUT2D eigenvalue weighted by Crippen LogP contribution is -2.49. The molecule has 3 aromatic rings. The third-order valence-corrected chi connectivity index (χ3v) is 4.77. The van der Waals surface area contributed by atoms with E-state index in [0.717, 1.165) is 5.82 Å². The largest absolute Gasteiger partial charge is 0.484 e. The van der Waals surface area contributed by atoms with E-state index in [1.165, 1.54) is 6.26 Å². The fraction of sp³-hybridized carbons (Fsp3) is 0.227. The van der Waals surface area contributed by atoms with Gasteiger partial charge in [0.15, 0.2) is 12.4 Å². The second-order valence-corrected chi connectivity index (χ2v) is 6.81. The van der Waals surface area contributed by atoms with E-state index in [-0.39, 0.29) is 18.4 Å². The number of carbonyl (C=O) groups is 2. The Hall–Kier alpha value is -3.81. The average Bonchev–Trinajstić information content (AvgIpc) is 3.34. The molecule has 0 aliphatic carbocycles. The Balaban J connectivity index is 1.25. The summed E-state index contributed by atoms with van der Waals surface area (Å²) in [5.74, 6) is 1.46. The molecule has 30 heavy (non-hydrogen) atoms. The fourth-order valence-corrected chi connectivity index (χ4v) is 3.20. The number of benzene rings is 1. The highest BCUT2D eigenvalue weighted by atomic mass is 16.5. The summed E-state index contributed by atoms with van der Waals surface area (Å²) in [7, 11) is 0. The summed E-state index contributed by atoms with van der Waals surface area (Å²) < 4.78 is 10.6. The number of pyridine rings is 1. The molecule has 1 aromatic carbocycles. The molecule has 1 N–H and O–H groups in total. The minimum Gasteiger partial charge on any atom is -0.484 e. The number of para-hydroxylation sites is 1. The number of amides is 2. The van der Waals surface area contributed by atoms with Crippen LogP contribution >= 0.6 is 0 Å². The molecule has 1 saturated heterocycles. The zero-order chi connectivity index (χ0) is 20.8. The zero-order valence-corrected chi connectivity index (χ0v) is 16.4. The van der Waals surface area contributed by atoms with Gasteiger partial charge < -0.3 is 24.3 Å². The van der Waals surface area contributed by atoms with Crippen LogP contribution in [0, 0.1) is 0 Å². The van der Waals surface area contributed by atoms with Gasteiger partial charge in [-0.2, -0.15) is 0 Å². The van der Waals surface area contributed by atoms with E-state index >= 15 is 0 Å².